The van der Waals surface area contributed by atoms with Crippen LogP contribution in [0, 0.1) is 11.8 Å². The van der Waals surface area contributed by atoms with Crippen molar-refractivity contribution >= 4 is 0 Å². The molecule has 0 bridgehead atoms. The van der Waals surface area contributed by atoms with Crippen LogP contribution in [0.3, 0.4) is 0 Å². The smallest absolute Gasteiger partial charge is 0.0276 e. The normalized spacial score (nSPS) is 35.5. The maximum atomic E-state index is 5.90. The van der Waals surface area contributed by atoms with E-state index in [-0.39, 0.29) is 5.54 Å². The van der Waals surface area contributed by atoms with Gasteiger partial charge in [0.15, 0.2) is 0 Å². The largest absolute Gasteiger partial charge is 0.329 e. The quantitative estimate of drug-likeness (QED) is 0.850. The van der Waals surface area contributed by atoms with Crippen molar-refractivity contribution in [3.05, 3.63) is 0 Å². The van der Waals surface area contributed by atoms with E-state index in [0.717, 1.165) is 24.4 Å². The molecular formula is C16H33N3. The van der Waals surface area contributed by atoms with Gasteiger partial charge < -0.3 is 5.73 Å². The molecule has 1 heterocycles. The summed E-state index contributed by atoms with van der Waals surface area (Å²) in [4.78, 5) is 5.31. The summed E-state index contributed by atoms with van der Waals surface area (Å²) < 4.78 is 0. The van der Waals surface area contributed by atoms with Crippen LogP contribution in [0.15, 0.2) is 0 Å². The summed E-state index contributed by atoms with van der Waals surface area (Å²) in [6.07, 6.45) is 4.24. The zero-order valence-corrected chi connectivity index (χ0v) is 13.4. The average molecular weight is 267 g/mol. The topological polar surface area (TPSA) is 32.5 Å². The van der Waals surface area contributed by atoms with Gasteiger partial charge in [0.05, 0.1) is 0 Å². The Hall–Kier alpha value is -0.120. The Balaban J connectivity index is 1.86. The molecule has 2 aliphatic rings. The molecule has 19 heavy (non-hydrogen) atoms. The first-order valence-electron chi connectivity index (χ1n) is 8.11. The van der Waals surface area contributed by atoms with Gasteiger partial charge in [0.1, 0.15) is 0 Å². The summed E-state index contributed by atoms with van der Waals surface area (Å²) in [5.41, 5.74) is 6.06. The number of nitrogens with zero attached hydrogens (tertiary/aromatic N) is 2. The van der Waals surface area contributed by atoms with E-state index in [1.165, 1.54) is 45.4 Å². The van der Waals surface area contributed by atoms with E-state index in [9.17, 15) is 0 Å². The minimum Gasteiger partial charge on any atom is -0.329 e. The van der Waals surface area contributed by atoms with E-state index in [2.05, 4.69) is 37.5 Å². The minimum atomic E-state index is 0.166. The fourth-order valence-corrected chi connectivity index (χ4v) is 4.02. The van der Waals surface area contributed by atoms with Gasteiger partial charge in [-0.2, -0.15) is 0 Å². The molecule has 0 radical (unpaired) electrons. The SMILES string of the molecule is CC1CC(C)CC(N2CCN(C(C)(C)CN)CC2)C1. The third-order valence-electron chi connectivity index (χ3n) is 5.34. The lowest BCUT2D eigenvalue weighted by atomic mass is 9.79. The molecule has 0 aromatic heterocycles. The summed E-state index contributed by atoms with van der Waals surface area (Å²) in [6, 6.07) is 0.835. The highest BCUT2D eigenvalue weighted by Crippen LogP contribution is 2.32. The molecule has 0 spiro atoms. The third kappa shape index (κ3) is 3.71. The molecule has 2 rings (SSSR count). The summed E-state index contributed by atoms with van der Waals surface area (Å²) in [5, 5.41) is 0. The van der Waals surface area contributed by atoms with E-state index in [4.69, 9.17) is 5.73 Å². The summed E-state index contributed by atoms with van der Waals surface area (Å²) in [6.45, 7) is 15.0. The van der Waals surface area contributed by atoms with Gasteiger partial charge >= 0.3 is 0 Å². The van der Waals surface area contributed by atoms with E-state index in [1.54, 1.807) is 0 Å². The average Bonchev–Trinajstić information content (AvgIpc) is 2.38. The molecule has 0 amide bonds. The Morgan fingerprint density at radius 3 is 1.95 bits per heavy atom. The maximum absolute atomic E-state index is 5.90. The van der Waals surface area contributed by atoms with E-state index in [0.29, 0.717) is 0 Å². The molecule has 1 saturated heterocycles. The molecule has 2 fully saturated rings. The molecule has 2 unspecified atom stereocenters. The first-order valence-corrected chi connectivity index (χ1v) is 8.11. The van der Waals surface area contributed by atoms with Gasteiger partial charge in [0, 0.05) is 44.3 Å². The Bertz CT molecular complexity index is 272. The van der Waals surface area contributed by atoms with Crippen LogP contribution in [0.4, 0.5) is 0 Å². The molecular weight excluding hydrogens is 234 g/mol. The standard InChI is InChI=1S/C16H33N3/c1-13-9-14(2)11-15(10-13)18-5-7-19(8-6-18)16(3,4)12-17/h13-15H,5-12,17H2,1-4H3. The molecule has 0 aromatic rings. The van der Waals surface area contributed by atoms with Crippen LogP contribution >= 0.6 is 0 Å². The zero-order chi connectivity index (χ0) is 14.0. The number of piperazine rings is 1. The zero-order valence-electron chi connectivity index (χ0n) is 13.4. The Morgan fingerprint density at radius 1 is 0.947 bits per heavy atom. The van der Waals surface area contributed by atoms with Gasteiger partial charge in [-0.25, -0.2) is 0 Å². The van der Waals surface area contributed by atoms with Crippen molar-refractivity contribution < 1.29 is 0 Å². The Labute approximate surface area is 119 Å². The van der Waals surface area contributed by atoms with Crippen molar-refractivity contribution in [2.24, 2.45) is 17.6 Å². The predicted octanol–water partition coefficient (Wildman–Crippen LogP) is 2.17. The van der Waals surface area contributed by atoms with Crippen molar-refractivity contribution in [3.63, 3.8) is 0 Å². The van der Waals surface area contributed by atoms with Crippen LogP contribution < -0.4 is 5.73 Å². The van der Waals surface area contributed by atoms with Crippen LogP contribution in [0.1, 0.15) is 47.0 Å². The van der Waals surface area contributed by atoms with Gasteiger partial charge in [0.25, 0.3) is 0 Å². The van der Waals surface area contributed by atoms with E-state index < -0.39 is 0 Å². The van der Waals surface area contributed by atoms with Crippen LogP contribution in [0.2, 0.25) is 0 Å². The first-order chi connectivity index (χ1) is 8.92. The number of nitrogens with two attached hydrogens (primary N) is 1. The molecule has 2 atom stereocenters. The highest BCUT2D eigenvalue weighted by atomic mass is 15.3. The molecule has 1 saturated carbocycles. The summed E-state index contributed by atoms with van der Waals surface area (Å²) >= 11 is 0. The second-order valence-corrected chi connectivity index (χ2v) is 7.61. The molecule has 2 N–H and O–H groups in total. The first kappa shape index (κ1) is 15.3. The minimum absolute atomic E-state index is 0.166. The lowest BCUT2D eigenvalue weighted by Gasteiger charge is -2.47. The highest BCUT2D eigenvalue weighted by Gasteiger charge is 2.33. The van der Waals surface area contributed by atoms with Crippen LogP contribution in [-0.2, 0) is 0 Å². The number of hydrogen-bond acceptors (Lipinski definition) is 3. The van der Waals surface area contributed by atoms with Gasteiger partial charge in [-0.1, -0.05) is 13.8 Å². The van der Waals surface area contributed by atoms with Crippen molar-refractivity contribution in [1.82, 2.24) is 9.80 Å². The molecule has 3 nitrogen and oxygen atoms in total. The number of hydrogen-bond donors (Lipinski definition) is 1. The number of rotatable bonds is 3. The van der Waals surface area contributed by atoms with Crippen molar-refractivity contribution in [2.45, 2.75) is 58.5 Å². The Morgan fingerprint density at radius 2 is 1.47 bits per heavy atom. The second-order valence-electron chi connectivity index (χ2n) is 7.61. The van der Waals surface area contributed by atoms with Gasteiger partial charge in [-0.3, -0.25) is 9.80 Å². The fraction of sp³-hybridized carbons (Fsp3) is 1.00. The van der Waals surface area contributed by atoms with E-state index >= 15 is 0 Å². The Kier molecular flexibility index (Phi) is 4.91. The molecule has 3 heteroatoms. The maximum Gasteiger partial charge on any atom is 0.0276 e. The van der Waals surface area contributed by atoms with Crippen molar-refractivity contribution in [2.75, 3.05) is 32.7 Å². The molecule has 112 valence electrons. The highest BCUT2D eigenvalue weighted by molar-refractivity contribution is 4.90. The van der Waals surface area contributed by atoms with Crippen molar-refractivity contribution in [1.29, 1.82) is 0 Å². The fourth-order valence-electron chi connectivity index (χ4n) is 4.02. The second kappa shape index (κ2) is 6.11. The van der Waals surface area contributed by atoms with Crippen molar-refractivity contribution in [3.8, 4) is 0 Å². The van der Waals surface area contributed by atoms with Crippen LogP contribution in [0.25, 0.3) is 0 Å². The van der Waals surface area contributed by atoms with Crippen LogP contribution in [-0.4, -0.2) is 54.1 Å². The van der Waals surface area contributed by atoms with E-state index in [1.807, 2.05) is 0 Å². The monoisotopic (exact) mass is 267 g/mol. The van der Waals surface area contributed by atoms with Gasteiger partial charge in [-0.15, -0.1) is 0 Å². The molecule has 1 aliphatic heterocycles. The summed E-state index contributed by atoms with van der Waals surface area (Å²) in [5.74, 6) is 1.82. The third-order valence-corrected chi connectivity index (χ3v) is 5.34. The molecule has 1 aliphatic carbocycles. The van der Waals surface area contributed by atoms with Gasteiger partial charge in [-0.05, 0) is 44.9 Å². The lowest BCUT2D eigenvalue weighted by Crippen LogP contribution is -2.59. The lowest BCUT2D eigenvalue weighted by molar-refractivity contribution is 0.0179. The van der Waals surface area contributed by atoms with Crippen LogP contribution in [0.5, 0.6) is 0 Å². The predicted molar refractivity (Wildman–Crippen MR) is 82.2 cm³/mol. The van der Waals surface area contributed by atoms with Gasteiger partial charge in [0.2, 0.25) is 0 Å². The summed E-state index contributed by atoms with van der Waals surface area (Å²) in [7, 11) is 0. The molecule has 0 aromatic carbocycles.